The summed E-state index contributed by atoms with van der Waals surface area (Å²) in [5.74, 6) is 0.780. The Hall–Kier alpha value is -0.520. The van der Waals surface area contributed by atoms with E-state index in [9.17, 15) is 0 Å². The third-order valence-corrected chi connectivity index (χ3v) is 2.17. The molecule has 1 fully saturated rings. The van der Waals surface area contributed by atoms with Crippen molar-refractivity contribution in [2.24, 2.45) is 5.92 Å². The van der Waals surface area contributed by atoms with Gasteiger partial charge in [0.2, 0.25) is 0 Å². The first kappa shape index (κ1) is 13.5. The normalized spacial score (nSPS) is 13.3. The molecular formula is C14H26. The second-order valence-corrected chi connectivity index (χ2v) is 4.42. The fraction of sp³-hybridized carbons (Fsp3) is 0.714. The van der Waals surface area contributed by atoms with Crippen molar-refractivity contribution in [3.8, 4) is 0 Å². The molecule has 82 valence electrons. The monoisotopic (exact) mass is 194 g/mol. The Morgan fingerprint density at radius 3 is 2.29 bits per heavy atom. The SMILES string of the molecule is C=CCC(C)C.CCCCC=C1CC1. The lowest BCUT2D eigenvalue weighted by molar-refractivity contribution is 0.664. The second-order valence-electron chi connectivity index (χ2n) is 4.42. The largest absolute Gasteiger partial charge is 0.103 e. The Morgan fingerprint density at radius 1 is 1.36 bits per heavy atom. The summed E-state index contributed by atoms with van der Waals surface area (Å²) in [6.45, 7) is 10.2. The topological polar surface area (TPSA) is 0 Å². The molecule has 1 saturated carbocycles. The van der Waals surface area contributed by atoms with Crippen molar-refractivity contribution < 1.29 is 0 Å². The lowest BCUT2D eigenvalue weighted by atomic mass is 10.1. The van der Waals surface area contributed by atoms with E-state index in [1.807, 2.05) is 6.08 Å². The zero-order chi connectivity index (χ0) is 10.8. The quantitative estimate of drug-likeness (QED) is 0.421. The van der Waals surface area contributed by atoms with Crippen molar-refractivity contribution in [2.45, 2.75) is 59.3 Å². The average Bonchev–Trinajstić information content (AvgIpc) is 2.89. The van der Waals surface area contributed by atoms with Gasteiger partial charge in [0.1, 0.15) is 0 Å². The van der Waals surface area contributed by atoms with Gasteiger partial charge in [-0.25, -0.2) is 0 Å². The number of unbranched alkanes of at least 4 members (excludes halogenated alkanes) is 2. The molecule has 0 aromatic carbocycles. The summed E-state index contributed by atoms with van der Waals surface area (Å²) in [6, 6.07) is 0. The molecule has 0 bridgehead atoms. The fourth-order valence-corrected chi connectivity index (χ4v) is 1.12. The van der Waals surface area contributed by atoms with Gasteiger partial charge >= 0.3 is 0 Å². The zero-order valence-electron chi connectivity index (χ0n) is 10.2. The van der Waals surface area contributed by atoms with Crippen LogP contribution >= 0.6 is 0 Å². The number of hydrogen-bond donors (Lipinski definition) is 0. The van der Waals surface area contributed by atoms with Gasteiger partial charge in [-0.3, -0.25) is 0 Å². The van der Waals surface area contributed by atoms with E-state index in [1.54, 1.807) is 5.57 Å². The van der Waals surface area contributed by atoms with Gasteiger partial charge in [-0.05, 0) is 31.6 Å². The predicted octanol–water partition coefficient (Wildman–Crippen LogP) is 5.12. The van der Waals surface area contributed by atoms with Gasteiger partial charge in [-0.2, -0.15) is 0 Å². The highest BCUT2D eigenvalue weighted by Crippen LogP contribution is 2.28. The Balaban J connectivity index is 0.000000255. The van der Waals surface area contributed by atoms with Crippen LogP contribution in [0.5, 0.6) is 0 Å². The minimum absolute atomic E-state index is 0.780. The van der Waals surface area contributed by atoms with Crippen LogP contribution in [0.2, 0.25) is 0 Å². The molecule has 0 nitrogen and oxygen atoms in total. The van der Waals surface area contributed by atoms with Crippen molar-refractivity contribution in [3.05, 3.63) is 24.3 Å². The summed E-state index contributed by atoms with van der Waals surface area (Å²) >= 11 is 0. The van der Waals surface area contributed by atoms with Crippen molar-refractivity contribution in [1.82, 2.24) is 0 Å². The molecule has 1 aliphatic carbocycles. The molecule has 0 spiro atoms. The average molecular weight is 194 g/mol. The fourth-order valence-electron chi connectivity index (χ4n) is 1.12. The maximum atomic E-state index is 3.60. The standard InChI is InChI=1S/C8H14.C6H12/c1-2-3-4-5-8-6-7-8;1-4-5-6(2)3/h5H,2-4,6-7H2,1H3;4,6H,1,5H2,2-3H3. The summed E-state index contributed by atoms with van der Waals surface area (Å²) < 4.78 is 0. The van der Waals surface area contributed by atoms with Gasteiger partial charge in [-0.15, -0.1) is 6.58 Å². The molecule has 0 atom stereocenters. The summed E-state index contributed by atoms with van der Waals surface area (Å²) in [5.41, 5.74) is 1.69. The minimum Gasteiger partial charge on any atom is -0.103 e. The van der Waals surface area contributed by atoms with Crippen molar-refractivity contribution in [3.63, 3.8) is 0 Å². The van der Waals surface area contributed by atoms with E-state index in [0.717, 1.165) is 12.3 Å². The van der Waals surface area contributed by atoms with Crippen LogP contribution in [-0.4, -0.2) is 0 Å². The second kappa shape index (κ2) is 9.05. The lowest BCUT2D eigenvalue weighted by Crippen LogP contribution is -1.78. The van der Waals surface area contributed by atoms with Gasteiger partial charge < -0.3 is 0 Å². The molecule has 14 heavy (non-hydrogen) atoms. The van der Waals surface area contributed by atoms with E-state index >= 15 is 0 Å². The van der Waals surface area contributed by atoms with Crippen molar-refractivity contribution in [2.75, 3.05) is 0 Å². The minimum atomic E-state index is 0.780. The van der Waals surface area contributed by atoms with E-state index in [4.69, 9.17) is 0 Å². The molecular weight excluding hydrogens is 168 g/mol. The maximum Gasteiger partial charge on any atom is -0.0283 e. The third kappa shape index (κ3) is 11.5. The third-order valence-electron chi connectivity index (χ3n) is 2.17. The number of rotatable bonds is 5. The van der Waals surface area contributed by atoms with Crippen LogP contribution < -0.4 is 0 Å². The summed E-state index contributed by atoms with van der Waals surface area (Å²) in [5, 5.41) is 0. The molecule has 0 amide bonds. The molecule has 0 N–H and O–H groups in total. The molecule has 0 unspecified atom stereocenters. The van der Waals surface area contributed by atoms with Crippen LogP contribution in [0, 0.1) is 5.92 Å². The van der Waals surface area contributed by atoms with E-state index in [0.29, 0.717) is 0 Å². The van der Waals surface area contributed by atoms with Gasteiger partial charge in [0.25, 0.3) is 0 Å². The first-order valence-corrected chi connectivity index (χ1v) is 5.99. The molecule has 1 rings (SSSR count). The lowest BCUT2D eigenvalue weighted by Gasteiger charge is -1.92. The van der Waals surface area contributed by atoms with Gasteiger partial charge in [0.15, 0.2) is 0 Å². The smallest absolute Gasteiger partial charge is 0.0283 e. The van der Waals surface area contributed by atoms with Gasteiger partial charge in [0.05, 0.1) is 0 Å². The molecule has 1 aliphatic rings. The molecule has 0 aromatic heterocycles. The van der Waals surface area contributed by atoms with Crippen LogP contribution in [0.15, 0.2) is 24.3 Å². The van der Waals surface area contributed by atoms with Crippen LogP contribution in [0.1, 0.15) is 59.3 Å². The number of hydrogen-bond acceptors (Lipinski definition) is 0. The number of allylic oxidation sites excluding steroid dienone is 3. The van der Waals surface area contributed by atoms with Crippen molar-refractivity contribution in [1.29, 1.82) is 0 Å². The molecule has 0 radical (unpaired) electrons. The highest BCUT2D eigenvalue weighted by molar-refractivity contribution is 5.15. The Bertz CT molecular complexity index is 157. The maximum absolute atomic E-state index is 3.60. The predicted molar refractivity (Wildman–Crippen MR) is 66.5 cm³/mol. The van der Waals surface area contributed by atoms with E-state index < -0.39 is 0 Å². The van der Waals surface area contributed by atoms with E-state index in [-0.39, 0.29) is 0 Å². The van der Waals surface area contributed by atoms with Crippen LogP contribution in [-0.2, 0) is 0 Å². The van der Waals surface area contributed by atoms with Gasteiger partial charge in [-0.1, -0.05) is 51.3 Å². The summed E-state index contributed by atoms with van der Waals surface area (Å²) in [4.78, 5) is 0. The Morgan fingerprint density at radius 2 is 2.00 bits per heavy atom. The van der Waals surface area contributed by atoms with E-state index in [2.05, 4.69) is 33.4 Å². The molecule has 0 aliphatic heterocycles. The molecule has 0 saturated heterocycles. The zero-order valence-corrected chi connectivity index (χ0v) is 10.2. The Labute approximate surface area is 90.1 Å². The van der Waals surface area contributed by atoms with Crippen LogP contribution in [0.4, 0.5) is 0 Å². The highest BCUT2D eigenvalue weighted by Gasteiger charge is 2.08. The van der Waals surface area contributed by atoms with Gasteiger partial charge in [0, 0.05) is 0 Å². The summed E-state index contributed by atoms with van der Waals surface area (Å²) in [6.07, 6.45) is 12.3. The highest BCUT2D eigenvalue weighted by atomic mass is 14.1. The molecule has 0 heterocycles. The van der Waals surface area contributed by atoms with Crippen LogP contribution in [0.3, 0.4) is 0 Å². The molecule has 0 heteroatoms. The first-order chi connectivity index (χ1) is 6.70. The first-order valence-electron chi connectivity index (χ1n) is 5.99. The van der Waals surface area contributed by atoms with Crippen LogP contribution in [0.25, 0.3) is 0 Å². The van der Waals surface area contributed by atoms with E-state index in [1.165, 1.54) is 32.1 Å². The van der Waals surface area contributed by atoms with Crippen molar-refractivity contribution >= 4 is 0 Å². The molecule has 0 aromatic rings. The summed E-state index contributed by atoms with van der Waals surface area (Å²) in [7, 11) is 0. The Kier molecular flexibility index (Phi) is 8.72.